The first-order valence-corrected chi connectivity index (χ1v) is 12.2. The second-order valence-electron chi connectivity index (χ2n) is 8.10. The van der Waals surface area contributed by atoms with Gasteiger partial charge < -0.3 is 9.47 Å². The number of benzene rings is 1. The molecule has 4 nitrogen and oxygen atoms in total. The molecule has 0 unspecified atom stereocenters. The van der Waals surface area contributed by atoms with Crippen molar-refractivity contribution in [2.75, 3.05) is 6.61 Å². The molecule has 0 N–H and O–H groups in total. The number of hydrogen-bond donors (Lipinski definition) is 0. The Balaban J connectivity index is 0.000000677. The van der Waals surface area contributed by atoms with Gasteiger partial charge in [0.1, 0.15) is 6.61 Å². The van der Waals surface area contributed by atoms with Gasteiger partial charge in [-0.25, -0.2) is 9.59 Å². The van der Waals surface area contributed by atoms with Crippen LogP contribution in [0, 0.1) is 0 Å². The van der Waals surface area contributed by atoms with Gasteiger partial charge in [-0.05, 0) is 18.9 Å². The number of esters is 2. The lowest BCUT2D eigenvalue weighted by atomic mass is 10.1. The molecule has 0 aliphatic carbocycles. The summed E-state index contributed by atoms with van der Waals surface area (Å²) in [5, 5.41) is 0. The summed E-state index contributed by atoms with van der Waals surface area (Å²) < 4.78 is 9.88. The van der Waals surface area contributed by atoms with Gasteiger partial charge in [0.2, 0.25) is 0 Å². The molecule has 0 heterocycles. The highest BCUT2D eigenvalue weighted by Gasteiger charge is 2.01. The zero-order valence-electron chi connectivity index (χ0n) is 20.4. The monoisotopic (exact) mass is 444 g/mol. The van der Waals surface area contributed by atoms with Crippen LogP contribution in [0.15, 0.2) is 55.1 Å². The van der Waals surface area contributed by atoms with Crippen molar-refractivity contribution in [2.45, 2.75) is 97.5 Å². The lowest BCUT2D eigenvalue weighted by molar-refractivity contribution is -0.139. The molecular weight excluding hydrogens is 400 g/mol. The highest BCUT2D eigenvalue weighted by atomic mass is 16.5. The van der Waals surface area contributed by atoms with E-state index >= 15 is 0 Å². The predicted octanol–water partition coefficient (Wildman–Crippen LogP) is 7.72. The maximum Gasteiger partial charge on any atom is 0.333 e. The van der Waals surface area contributed by atoms with Crippen LogP contribution in [0.1, 0.15) is 96.5 Å². The Kier molecular flexibility index (Phi) is 20.2. The van der Waals surface area contributed by atoms with Crippen molar-refractivity contribution in [2.24, 2.45) is 0 Å². The van der Waals surface area contributed by atoms with Gasteiger partial charge in [-0.2, -0.15) is 0 Å². The quantitative estimate of drug-likeness (QED) is 0.140. The zero-order valence-corrected chi connectivity index (χ0v) is 20.4. The van der Waals surface area contributed by atoms with E-state index in [-0.39, 0.29) is 11.9 Å². The zero-order chi connectivity index (χ0) is 23.9. The van der Waals surface area contributed by atoms with E-state index in [0.717, 1.165) is 18.1 Å². The summed E-state index contributed by atoms with van der Waals surface area (Å²) in [7, 11) is 0. The summed E-state index contributed by atoms with van der Waals surface area (Å²) in [5.41, 5.74) is 1.47. The third-order valence-electron chi connectivity index (χ3n) is 4.97. The van der Waals surface area contributed by atoms with Crippen molar-refractivity contribution >= 4 is 11.9 Å². The van der Waals surface area contributed by atoms with Gasteiger partial charge in [-0.3, -0.25) is 0 Å². The van der Waals surface area contributed by atoms with Crippen LogP contribution in [0.2, 0.25) is 0 Å². The Labute approximate surface area is 196 Å². The molecule has 0 aromatic heterocycles. The molecule has 1 rings (SSSR count). The van der Waals surface area contributed by atoms with Gasteiger partial charge in [-0.15, -0.1) is 0 Å². The van der Waals surface area contributed by atoms with Crippen LogP contribution >= 0.6 is 0 Å². The average molecular weight is 445 g/mol. The first-order chi connectivity index (χ1) is 15.5. The first kappa shape index (κ1) is 29.6. The lowest BCUT2D eigenvalue weighted by Gasteiger charge is -2.04. The van der Waals surface area contributed by atoms with Crippen LogP contribution in [0.5, 0.6) is 0 Å². The molecule has 0 radical (unpaired) electrons. The Morgan fingerprint density at radius 1 is 0.812 bits per heavy atom. The van der Waals surface area contributed by atoms with E-state index < -0.39 is 0 Å². The molecule has 0 bridgehead atoms. The van der Waals surface area contributed by atoms with Crippen molar-refractivity contribution in [3.05, 3.63) is 60.7 Å². The molecule has 0 spiro atoms. The largest absolute Gasteiger partial charge is 0.462 e. The van der Waals surface area contributed by atoms with Crippen molar-refractivity contribution < 1.29 is 19.1 Å². The van der Waals surface area contributed by atoms with Gasteiger partial charge in [0, 0.05) is 11.6 Å². The second-order valence-corrected chi connectivity index (χ2v) is 8.10. The lowest BCUT2D eigenvalue weighted by Crippen LogP contribution is -2.05. The van der Waals surface area contributed by atoms with Crippen LogP contribution in [0.3, 0.4) is 0 Å². The highest BCUT2D eigenvalue weighted by Crippen LogP contribution is 2.12. The van der Waals surface area contributed by atoms with E-state index in [9.17, 15) is 9.59 Å². The summed E-state index contributed by atoms with van der Waals surface area (Å²) in [4.78, 5) is 21.8. The van der Waals surface area contributed by atoms with E-state index in [1.807, 2.05) is 30.3 Å². The molecule has 0 saturated heterocycles. The SMILES string of the molecule is C=C(C)C(=O)OCCCCCCCCCCCCCC.C=CC(=O)OCc1ccccc1. The minimum atomic E-state index is -0.390. The van der Waals surface area contributed by atoms with Crippen LogP contribution in [0.4, 0.5) is 0 Å². The molecule has 0 saturated carbocycles. The van der Waals surface area contributed by atoms with E-state index in [1.54, 1.807) is 6.92 Å². The van der Waals surface area contributed by atoms with Crippen LogP contribution in [-0.4, -0.2) is 18.5 Å². The third-order valence-corrected chi connectivity index (χ3v) is 4.97. The molecule has 1 aromatic carbocycles. The maximum atomic E-state index is 11.1. The van der Waals surface area contributed by atoms with E-state index in [4.69, 9.17) is 9.47 Å². The van der Waals surface area contributed by atoms with E-state index in [1.165, 1.54) is 70.6 Å². The number of unbranched alkanes of at least 4 members (excludes halogenated alkanes) is 11. The minimum Gasteiger partial charge on any atom is -0.462 e. The van der Waals surface area contributed by atoms with Gasteiger partial charge >= 0.3 is 11.9 Å². The standard InChI is InChI=1S/C18H34O2.C10H10O2/c1-4-5-6-7-8-9-10-11-12-13-14-15-16-20-18(19)17(2)3;1-2-10(11)12-8-9-6-4-3-5-7-9/h2,4-16H2,1,3H3;2-7H,1,8H2. The van der Waals surface area contributed by atoms with Crippen LogP contribution < -0.4 is 0 Å². The summed E-state index contributed by atoms with van der Waals surface area (Å²) in [5.74, 6) is -0.646. The van der Waals surface area contributed by atoms with Crippen molar-refractivity contribution in [1.29, 1.82) is 0 Å². The average Bonchev–Trinajstić information content (AvgIpc) is 2.81. The Morgan fingerprint density at radius 2 is 1.31 bits per heavy atom. The van der Waals surface area contributed by atoms with Crippen molar-refractivity contribution in [1.82, 2.24) is 0 Å². The van der Waals surface area contributed by atoms with Crippen molar-refractivity contribution in [3.8, 4) is 0 Å². The maximum absolute atomic E-state index is 11.1. The fraction of sp³-hybridized carbons (Fsp3) is 0.571. The number of carbonyl (C=O) groups excluding carboxylic acids is 2. The second kappa shape index (κ2) is 21.9. The minimum absolute atomic E-state index is 0.256. The molecule has 4 heteroatoms. The fourth-order valence-electron chi connectivity index (χ4n) is 3.02. The normalized spacial score (nSPS) is 9.94. The number of rotatable bonds is 17. The van der Waals surface area contributed by atoms with Gasteiger partial charge in [0.05, 0.1) is 6.61 Å². The van der Waals surface area contributed by atoms with E-state index in [0.29, 0.717) is 18.8 Å². The Bertz CT molecular complexity index is 622. The molecule has 0 atom stereocenters. The Hall–Kier alpha value is -2.36. The topological polar surface area (TPSA) is 52.6 Å². The molecule has 0 fully saturated rings. The van der Waals surface area contributed by atoms with Crippen LogP contribution in [-0.2, 0) is 25.7 Å². The third kappa shape index (κ3) is 19.6. The molecule has 32 heavy (non-hydrogen) atoms. The number of hydrogen-bond acceptors (Lipinski definition) is 4. The molecule has 0 aliphatic heterocycles. The first-order valence-electron chi connectivity index (χ1n) is 12.2. The molecule has 1 aromatic rings. The Morgan fingerprint density at radius 3 is 1.78 bits per heavy atom. The summed E-state index contributed by atoms with van der Waals surface area (Å²) in [6, 6.07) is 9.51. The number of ether oxygens (including phenoxy) is 2. The molecule has 180 valence electrons. The smallest absolute Gasteiger partial charge is 0.333 e. The van der Waals surface area contributed by atoms with Gasteiger partial charge in [0.15, 0.2) is 0 Å². The number of carbonyl (C=O) groups is 2. The predicted molar refractivity (Wildman–Crippen MR) is 133 cm³/mol. The van der Waals surface area contributed by atoms with Crippen molar-refractivity contribution in [3.63, 3.8) is 0 Å². The van der Waals surface area contributed by atoms with Gasteiger partial charge in [-0.1, -0.05) is 121 Å². The van der Waals surface area contributed by atoms with Crippen LogP contribution in [0.25, 0.3) is 0 Å². The highest BCUT2D eigenvalue weighted by molar-refractivity contribution is 5.86. The molecule has 0 amide bonds. The molecule has 0 aliphatic rings. The summed E-state index contributed by atoms with van der Waals surface area (Å²) in [6.45, 7) is 11.7. The summed E-state index contributed by atoms with van der Waals surface area (Å²) in [6.07, 6.45) is 17.0. The van der Waals surface area contributed by atoms with Gasteiger partial charge in [0.25, 0.3) is 0 Å². The molecular formula is C28H44O4. The van der Waals surface area contributed by atoms with E-state index in [2.05, 4.69) is 20.1 Å². The fourth-order valence-corrected chi connectivity index (χ4v) is 3.02. The summed E-state index contributed by atoms with van der Waals surface area (Å²) >= 11 is 0.